The van der Waals surface area contributed by atoms with E-state index in [9.17, 15) is 9.18 Å². The molecule has 1 heterocycles. The minimum Gasteiger partial charge on any atom is -0.402 e. The molecule has 3 rings (SSSR count). The first-order valence-electron chi connectivity index (χ1n) is 6.16. The fourth-order valence-electron chi connectivity index (χ4n) is 1.91. The van der Waals surface area contributed by atoms with Gasteiger partial charge in [0.05, 0.1) is 0 Å². The largest absolute Gasteiger partial charge is 0.402 e. The Hall–Kier alpha value is -2.46. The summed E-state index contributed by atoms with van der Waals surface area (Å²) in [5, 5.41) is 0.560. The Morgan fingerprint density at radius 2 is 1.95 bits per heavy atom. The Morgan fingerprint density at radius 3 is 2.71 bits per heavy atom. The summed E-state index contributed by atoms with van der Waals surface area (Å²) >= 11 is 5.89. The Morgan fingerprint density at radius 1 is 1.14 bits per heavy atom. The third-order valence-corrected chi connectivity index (χ3v) is 3.08. The van der Waals surface area contributed by atoms with Crippen LogP contribution in [0.5, 0.6) is 0 Å². The van der Waals surface area contributed by atoms with Gasteiger partial charge in [-0.05, 0) is 42.0 Å². The van der Waals surface area contributed by atoms with Crippen LogP contribution in [0.25, 0.3) is 6.08 Å². The van der Waals surface area contributed by atoms with Gasteiger partial charge in [0.2, 0.25) is 5.90 Å². The van der Waals surface area contributed by atoms with Crippen molar-refractivity contribution >= 4 is 29.5 Å². The van der Waals surface area contributed by atoms with Crippen LogP contribution in [0.3, 0.4) is 0 Å². The third-order valence-electron chi connectivity index (χ3n) is 2.84. The lowest BCUT2D eigenvalue weighted by Gasteiger charge is -1.98. The third kappa shape index (κ3) is 3.01. The molecule has 5 heteroatoms. The van der Waals surface area contributed by atoms with Gasteiger partial charge < -0.3 is 4.74 Å². The minimum absolute atomic E-state index is 0.0905. The van der Waals surface area contributed by atoms with Crippen molar-refractivity contribution in [3.05, 3.63) is 76.2 Å². The lowest BCUT2D eigenvalue weighted by molar-refractivity contribution is -0.129. The monoisotopic (exact) mass is 301 g/mol. The Balaban J connectivity index is 1.95. The van der Waals surface area contributed by atoms with Crippen LogP contribution in [0.1, 0.15) is 11.1 Å². The van der Waals surface area contributed by atoms with Crippen LogP contribution in [0, 0.1) is 5.82 Å². The number of ether oxygens (including phenoxy) is 1. The number of carbonyl (C=O) groups excluding carboxylic acids is 1. The van der Waals surface area contributed by atoms with E-state index in [1.165, 1.54) is 18.2 Å². The molecule has 1 aliphatic heterocycles. The molecule has 0 spiro atoms. The fraction of sp³-hybridized carbons (Fsp3) is 0. The number of hydrogen-bond acceptors (Lipinski definition) is 3. The highest BCUT2D eigenvalue weighted by Crippen LogP contribution is 2.20. The summed E-state index contributed by atoms with van der Waals surface area (Å²) in [5.74, 6) is -0.902. The Bertz CT molecular complexity index is 783. The second-order valence-electron chi connectivity index (χ2n) is 4.40. The average molecular weight is 302 g/mol. The molecule has 0 aliphatic carbocycles. The van der Waals surface area contributed by atoms with Crippen molar-refractivity contribution < 1.29 is 13.9 Å². The van der Waals surface area contributed by atoms with Crippen molar-refractivity contribution in [2.24, 2.45) is 4.99 Å². The predicted molar refractivity (Wildman–Crippen MR) is 78.5 cm³/mol. The second kappa shape index (κ2) is 5.50. The summed E-state index contributed by atoms with van der Waals surface area (Å²) in [4.78, 5) is 15.9. The van der Waals surface area contributed by atoms with Crippen molar-refractivity contribution in [2.45, 2.75) is 0 Å². The van der Waals surface area contributed by atoms with Crippen LogP contribution in [-0.4, -0.2) is 11.9 Å². The normalized spacial score (nSPS) is 16.0. The van der Waals surface area contributed by atoms with E-state index in [-0.39, 0.29) is 11.6 Å². The van der Waals surface area contributed by atoms with Gasteiger partial charge in [-0.3, -0.25) is 0 Å². The maximum atomic E-state index is 13.2. The van der Waals surface area contributed by atoms with E-state index in [0.29, 0.717) is 10.6 Å². The van der Waals surface area contributed by atoms with E-state index >= 15 is 0 Å². The van der Waals surface area contributed by atoms with Crippen LogP contribution >= 0.6 is 11.6 Å². The molecule has 104 valence electrons. The van der Waals surface area contributed by atoms with Crippen molar-refractivity contribution in [1.29, 1.82) is 0 Å². The maximum Gasteiger partial charge on any atom is 0.363 e. The number of esters is 1. The van der Waals surface area contributed by atoms with E-state index in [1.807, 2.05) is 0 Å². The molecule has 0 bridgehead atoms. The number of carbonyl (C=O) groups is 1. The molecule has 0 unspecified atom stereocenters. The first kappa shape index (κ1) is 13.5. The van der Waals surface area contributed by atoms with E-state index in [4.69, 9.17) is 16.3 Å². The molecule has 0 saturated heterocycles. The van der Waals surface area contributed by atoms with Gasteiger partial charge in [-0.2, -0.15) is 0 Å². The number of rotatable bonds is 2. The molecule has 2 aromatic rings. The molecule has 1 aliphatic rings. The lowest BCUT2D eigenvalue weighted by atomic mass is 10.2. The number of cyclic esters (lactones) is 1. The Kier molecular flexibility index (Phi) is 3.54. The van der Waals surface area contributed by atoms with Gasteiger partial charge in [0, 0.05) is 10.6 Å². The molecule has 0 radical (unpaired) electrons. The number of hydrogen-bond donors (Lipinski definition) is 0. The summed E-state index contributed by atoms with van der Waals surface area (Å²) in [6.07, 6.45) is 1.57. The van der Waals surface area contributed by atoms with Gasteiger partial charge in [0.25, 0.3) is 0 Å². The average Bonchev–Trinajstić information content (AvgIpc) is 2.80. The van der Waals surface area contributed by atoms with Gasteiger partial charge in [0.15, 0.2) is 5.70 Å². The highest BCUT2D eigenvalue weighted by atomic mass is 35.5. The van der Waals surface area contributed by atoms with Gasteiger partial charge in [-0.15, -0.1) is 0 Å². The van der Waals surface area contributed by atoms with Crippen molar-refractivity contribution in [3.8, 4) is 0 Å². The van der Waals surface area contributed by atoms with Crippen molar-refractivity contribution in [2.75, 3.05) is 0 Å². The summed E-state index contributed by atoms with van der Waals surface area (Å²) in [6, 6.07) is 12.7. The molecular weight excluding hydrogens is 293 g/mol. The maximum absolute atomic E-state index is 13.2. The second-order valence-corrected chi connectivity index (χ2v) is 4.84. The first-order valence-corrected chi connectivity index (χ1v) is 6.54. The summed E-state index contributed by atoms with van der Waals surface area (Å²) < 4.78 is 18.2. The number of aliphatic imine (C=N–C) groups is 1. The summed E-state index contributed by atoms with van der Waals surface area (Å²) in [6.45, 7) is 0. The summed E-state index contributed by atoms with van der Waals surface area (Å²) in [5.41, 5.74) is 1.30. The lowest BCUT2D eigenvalue weighted by Crippen LogP contribution is -2.05. The highest BCUT2D eigenvalue weighted by Gasteiger charge is 2.24. The van der Waals surface area contributed by atoms with Gasteiger partial charge >= 0.3 is 5.97 Å². The molecule has 0 N–H and O–H groups in total. The smallest absolute Gasteiger partial charge is 0.363 e. The predicted octanol–water partition coefficient (Wildman–Crippen LogP) is 3.82. The highest BCUT2D eigenvalue weighted by molar-refractivity contribution is 6.30. The van der Waals surface area contributed by atoms with Crippen molar-refractivity contribution in [3.63, 3.8) is 0 Å². The van der Waals surface area contributed by atoms with Crippen LogP contribution < -0.4 is 0 Å². The van der Waals surface area contributed by atoms with Crippen LogP contribution in [-0.2, 0) is 9.53 Å². The molecule has 0 amide bonds. The summed E-state index contributed by atoms with van der Waals surface area (Å²) in [7, 11) is 0. The SMILES string of the molecule is O=C1OC(c2cccc(F)c2)=N/C1=C/c1cccc(Cl)c1. The first-order chi connectivity index (χ1) is 10.1. The molecule has 21 heavy (non-hydrogen) atoms. The van der Waals surface area contributed by atoms with Crippen LogP contribution in [0.15, 0.2) is 59.2 Å². The fourth-order valence-corrected chi connectivity index (χ4v) is 2.11. The Labute approximate surface area is 125 Å². The van der Waals surface area contributed by atoms with Crippen LogP contribution in [0.2, 0.25) is 5.02 Å². The van der Waals surface area contributed by atoms with E-state index in [2.05, 4.69) is 4.99 Å². The zero-order valence-corrected chi connectivity index (χ0v) is 11.5. The zero-order chi connectivity index (χ0) is 14.8. The zero-order valence-electron chi connectivity index (χ0n) is 10.7. The molecule has 2 aromatic carbocycles. The van der Waals surface area contributed by atoms with Crippen molar-refractivity contribution in [1.82, 2.24) is 0 Å². The topological polar surface area (TPSA) is 38.7 Å². The number of nitrogens with zero attached hydrogens (tertiary/aromatic N) is 1. The standard InChI is InChI=1S/C16H9ClFNO2/c17-12-5-1-3-10(7-12)8-14-16(20)21-15(19-14)11-4-2-6-13(18)9-11/h1-9H/b14-8+. The molecule has 0 atom stereocenters. The molecule has 0 aromatic heterocycles. The van der Waals surface area contributed by atoms with E-state index < -0.39 is 11.8 Å². The minimum atomic E-state index is -0.575. The molecule has 3 nitrogen and oxygen atoms in total. The van der Waals surface area contributed by atoms with Gasteiger partial charge in [0.1, 0.15) is 5.82 Å². The molecule has 0 fully saturated rings. The van der Waals surface area contributed by atoms with Gasteiger partial charge in [-0.1, -0.05) is 29.8 Å². The molecular formula is C16H9ClFNO2. The van der Waals surface area contributed by atoms with Gasteiger partial charge in [-0.25, -0.2) is 14.2 Å². The number of halogens is 2. The quantitative estimate of drug-likeness (QED) is 0.625. The number of benzene rings is 2. The van der Waals surface area contributed by atoms with E-state index in [0.717, 1.165) is 5.56 Å². The van der Waals surface area contributed by atoms with Crippen LogP contribution in [0.4, 0.5) is 4.39 Å². The van der Waals surface area contributed by atoms with E-state index in [1.54, 1.807) is 36.4 Å². The molecule has 0 saturated carbocycles.